The smallest absolute Gasteiger partial charge is 0.0612 e. The summed E-state index contributed by atoms with van der Waals surface area (Å²) in [7, 11) is 1.76. The highest BCUT2D eigenvalue weighted by molar-refractivity contribution is 4.84. The Morgan fingerprint density at radius 3 is 2.57 bits per heavy atom. The summed E-state index contributed by atoms with van der Waals surface area (Å²) in [6.07, 6.45) is 8.60. The zero-order chi connectivity index (χ0) is 10.8. The maximum atomic E-state index is 8.59. The molecule has 0 heterocycles. The van der Waals surface area contributed by atoms with Crippen molar-refractivity contribution in [3.63, 3.8) is 0 Å². The van der Waals surface area contributed by atoms with Gasteiger partial charge in [-0.05, 0) is 18.8 Å². The molecule has 0 aromatic rings. The Labute approximate surface area is 88.0 Å². The van der Waals surface area contributed by atoms with E-state index in [-0.39, 0.29) is 6.61 Å². The fourth-order valence-corrected chi connectivity index (χ4v) is 1.67. The molecule has 0 aromatic heterocycles. The fraction of sp³-hybridized carbons (Fsp3) is 0.833. The van der Waals surface area contributed by atoms with Gasteiger partial charge in [-0.3, -0.25) is 0 Å². The van der Waals surface area contributed by atoms with Crippen molar-refractivity contribution in [3.05, 3.63) is 12.2 Å². The van der Waals surface area contributed by atoms with E-state index in [1.165, 1.54) is 12.8 Å². The molecule has 0 aliphatic heterocycles. The Bertz CT molecular complexity index is 143. The highest BCUT2D eigenvalue weighted by Crippen LogP contribution is 2.16. The van der Waals surface area contributed by atoms with Crippen LogP contribution in [0, 0.1) is 5.92 Å². The number of hydrogen-bond acceptors (Lipinski definition) is 2. The van der Waals surface area contributed by atoms with Gasteiger partial charge < -0.3 is 9.84 Å². The highest BCUT2D eigenvalue weighted by atomic mass is 16.5. The molecule has 0 fully saturated rings. The fourth-order valence-electron chi connectivity index (χ4n) is 1.67. The van der Waals surface area contributed by atoms with Gasteiger partial charge in [-0.1, -0.05) is 38.8 Å². The molecular formula is C12H24O2. The van der Waals surface area contributed by atoms with Crippen molar-refractivity contribution in [2.75, 3.05) is 13.7 Å². The third kappa shape index (κ3) is 7.10. The first-order valence-corrected chi connectivity index (χ1v) is 5.53. The number of aliphatic hydroxyl groups is 1. The van der Waals surface area contributed by atoms with Gasteiger partial charge in [-0.15, -0.1) is 0 Å². The van der Waals surface area contributed by atoms with Crippen LogP contribution < -0.4 is 0 Å². The molecule has 2 atom stereocenters. The van der Waals surface area contributed by atoms with Crippen LogP contribution in [0.2, 0.25) is 0 Å². The topological polar surface area (TPSA) is 29.5 Å². The molecule has 2 nitrogen and oxygen atoms in total. The van der Waals surface area contributed by atoms with Gasteiger partial charge in [0.2, 0.25) is 0 Å². The molecule has 0 rings (SSSR count). The van der Waals surface area contributed by atoms with E-state index in [2.05, 4.69) is 13.8 Å². The molecule has 0 amide bonds. The van der Waals surface area contributed by atoms with Gasteiger partial charge >= 0.3 is 0 Å². The van der Waals surface area contributed by atoms with Crippen LogP contribution >= 0.6 is 0 Å². The lowest BCUT2D eigenvalue weighted by molar-refractivity contribution is 0.0833. The largest absolute Gasteiger partial charge is 0.392 e. The maximum absolute atomic E-state index is 8.59. The average molecular weight is 200 g/mol. The van der Waals surface area contributed by atoms with Crippen molar-refractivity contribution < 1.29 is 9.84 Å². The van der Waals surface area contributed by atoms with Crippen LogP contribution in [0.15, 0.2) is 12.2 Å². The number of hydrogen-bond donors (Lipinski definition) is 1. The van der Waals surface area contributed by atoms with E-state index in [0.717, 1.165) is 18.8 Å². The molecule has 0 saturated heterocycles. The van der Waals surface area contributed by atoms with Crippen LogP contribution in [-0.2, 0) is 4.74 Å². The van der Waals surface area contributed by atoms with E-state index < -0.39 is 0 Å². The van der Waals surface area contributed by atoms with E-state index in [9.17, 15) is 0 Å². The molecule has 84 valence electrons. The monoisotopic (exact) mass is 200 g/mol. The summed E-state index contributed by atoms with van der Waals surface area (Å²) in [4.78, 5) is 0. The summed E-state index contributed by atoms with van der Waals surface area (Å²) in [5.74, 6) is 0.729. The van der Waals surface area contributed by atoms with Gasteiger partial charge in [0, 0.05) is 7.11 Å². The van der Waals surface area contributed by atoms with E-state index in [1.54, 1.807) is 13.2 Å². The van der Waals surface area contributed by atoms with Crippen molar-refractivity contribution in [2.24, 2.45) is 5.92 Å². The van der Waals surface area contributed by atoms with E-state index in [4.69, 9.17) is 9.84 Å². The lowest BCUT2D eigenvalue weighted by atomic mass is 9.97. The maximum Gasteiger partial charge on any atom is 0.0612 e. The van der Waals surface area contributed by atoms with Gasteiger partial charge in [0.25, 0.3) is 0 Å². The van der Waals surface area contributed by atoms with E-state index in [0.29, 0.717) is 6.10 Å². The van der Waals surface area contributed by atoms with Crippen LogP contribution in [0.3, 0.4) is 0 Å². The van der Waals surface area contributed by atoms with Crippen LogP contribution in [0.1, 0.15) is 39.5 Å². The van der Waals surface area contributed by atoms with Crippen molar-refractivity contribution in [3.8, 4) is 0 Å². The second-order valence-corrected chi connectivity index (χ2v) is 3.88. The normalized spacial score (nSPS) is 16.0. The van der Waals surface area contributed by atoms with Crippen molar-refractivity contribution in [2.45, 2.75) is 45.6 Å². The first kappa shape index (κ1) is 13.7. The Hall–Kier alpha value is -0.340. The summed E-state index contributed by atoms with van der Waals surface area (Å²) in [5.41, 5.74) is 0. The zero-order valence-corrected chi connectivity index (χ0v) is 9.70. The summed E-state index contributed by atoms with van der Waals surface area (Å²) >= 11 is 0. The second kappa shape index (κ2) is 9.22. The zero-order valence-electron chi connectivity index (χ0n) is 9.70. The quantitative estimate of drug-likeness (QED) is 0.610. The molecule has 0 radical (unpaired) electrons. The molecule has 2 unspecified atom stereocenters. The van der Waals surface area contributed by atoms with Crippen LogP contribution in [0.5, 0.6) is 0 Å². The molecule has 0 aromatic carbocycles. The first-order valence-electron chi connectivity index (χ1n) is 5.53. The van der Waals surface area contributed by atoms with Crippen molar-refractivity contribution >= 4 is 0 Å². The van der Waals surface area contributed by atoms with Crippen molar-refractivity contribution in [1.82, 2.24) is 0 Å². The minimum absolute atomic E-state index is 0.126. The number of aliphatic hydroxyl groups excluding tert-OH is 1. The molecule has 1 N–H and O–H groups in total. The van der Waals surface area contributed by atoms with Gasteiger partial charge in [0.05, 0.1) is 12.7 Å². The minimum atomic E-state index is 0.126. The summed E-state index contributed by atoms with van der Waals surface area (Å²) in [6, 6.07) is 0. The SMILES string of the molecule is CCCC(C)CC(CC=CCO)OC. The van der Waals surface area contributed by atoms with Crippen LogP contribution in [0.4, 0.5) is 0 Å². The summed E-state index contributed by atoms with van der Waals surface area (Å²) < 4.78 is 5.38. The third-order valence-electron chi connectivity index (χ3n) is 2.45. The summed E-state index contributed by atoms with van der Waals surface area (Å²) in [6.45, 7) is 4.61. The van der Waals surface area contributed by atoms with Crippen molar-refractivity contribution in [1.29, 1.82) is 0 Å². The minimum Gasteiger partial charge on any atom is -0.392 e. The third-order valence-corrected chi connectivity index (χ3v) is 2.45. The van der Waals surface area contributed by atoms with E-state index in [1.807, 2.05) is 6.08 Å². The number of methoxy groups -OCH3 is 1. The summed E-state index contributed by atoms with van der Waals surface area (Å²) in [5, 5.41) is 8.59. The van der Waals surface area contributed by atoms with Gasteiger partial charge in [-0.25, -0.2) is 0 Å². The number of rotatable bonds is 8. The molecule has 0 aliphatic carbocycles. The van der Waals surface area contributed by atoms with Gasteiger partial charge in [0.15, 0.2) is 0 Å². The first-order chi connectivity index (χ1) is 6.74. The molecule has 2 heteroatoms. The Morgan fingerprint density at radius 1 is 1.36 bits per heavy atom. The lowest BCUT2D eigenvalue weighted by Gasteiger charge is -2.17. The van der Waals surface area contributed by atoms with Crippen LogP contribution in [0.25, 0.3) is 0 Å². The molecular weight excluding hydrogens is 176 g/mol. The average Bonchev–Trinajstić information content (AvgIpc) is 2.17. The van der Waals surface area contributed by atoms with Gasteiger partial charge in [-0.2, -0.15) is 0 Å². The van der Waals surface area contributed by atoms with E-state index >= 15 is 0 Å². The number of ether oxygens (including phenoxy) is 1. The Kier molecular flexibility index (Phi) is 9.00. The molecule has 0 bridgehead atoms. The lowest BCUT2D eigenvalue weighted by Crippen LogP contribution is -2.13. The second-order valence-electron chi connectivity index (χ2n) is 3.88. The Morgan fingerprint density at radius 2 is 2.07 bits per heavy atom. The van der Waals surface area contributed by atoms with Crippen LogP contribution in [-0.4, -0.2) is 24.9 Å². The molecule has 0 saturated carbocycles. The predicted octanol–water partition coefficient (Wildman–Crippen LogP) is 2.77. The van der Waals surface area contributed by atoms with Gasteiger partial charge in [0.1, 0.15) is 0 Å². The molecule has 14 heavy (non-hydrogen) atoms. The molecule has 0 aliphatic rings. The standard InChI is InChI=1S/C12H24O2/c1-4-7-11(2)10-12(14-3)8-5-6-9-13/h5-6,11-13H,4,7-10H2,1-3H3. The molecule has 0 spiro atoms. The predicted molar refractivity (Wildman–Crippen MR) is 60.3 cm³/mol. The highest BCUT2D eigenvalue weighted by Gasteiger charge is 2.10. The Balaban J connectivity index is 3.71.